The molecule has 0 bridgehead atoms. The van der Waals surface area contributed by atoms with Gasteiger partial charge in [-0.15, -0.1) is 0 Å². The number of carbonyl (C=O) groups excluding carboxylic acids is 1. The quantitative estimate of drug-likeness (QED) is 0.308. The van der Waals surface area contributed by atoms with Gasteiger partial charge < -0.3 is 9.72 Å². The summed E-state index contributed by atoms with van der Waals surface area (Å²) < 4.78 is 6.10. The van der Waals surface area contributed by atoms with Crippen LogP contribution in [0.3, 0.4) is 0 Å². The van der Waals surface area contributed by atoms with Gasteiger partial charge in [-0.3, -0.25) is 0 Å². The Morgan fingerprint density at radius 1 is 0.531 bits per heavy atom. The van der Waals surface area contributed by atoms with Gasteiger partial charge in [-0.25, -0.2) is 4.79 Å². The minimum absolute atomic E-state index is 0.390. The maximum atomic E-state index is 13.1. The number of hydrogen-bond acceptors (Lipinski definition) is 2. The molecule has 5 aromatic rings. The zero-order valence-corrected chi connectivity index (χ0v) is 17.4. The fourth-order valence-electron chi connectivity index (χ4n) is 3.82. The molecule has 3 nitrogen and oxygen atoms in total. The Bertz CT molecular complexity index is 1330. The highest BCUT2D eigenvalue weighted by atomic mass is 16.5. The highest BCUT2D eigenvalue weighted by Crippen LogP contribution is 2.46. The third-order valence-corrected chi connectivity index (χ3v) is 5.35. The largest absolute Gasteiger partial charge is 0.420 e. The van der Waals surface area contributed by atoms with Gasteiger partial charge in [0.15, 0.2) is 5.75 Å². The molecular weight excluding hydrogens is 394 g/mol. The molecular formula is C29H21NO2. The number of aromatic amines is 1. The SMILES string of the molecule is O=C(Oc1c(-c2ccccc2)[nH]c(-c2ccccc2)c1-c1ccccc1)c1ccccc1. The van der Waals surface area contributed by atoms with Crippen molar-refractivity contribution in [2.24, 2.45) is 0 Å². The van der Waals surface area contributed by atoms with Gasteiger partial charge in [0, 0.05) is 5.56 Å². The number of carbonyl (C=O) groups is 1. The Kier molecular flexibility index (Phi) is 5.38. The van der Waals surface area contributed by atoms with E-state index in [-0.39, 0.29) is 0 Å². The average Bonchev–Trinajstić information content (AvgIpc) is 3.25. The van der Waals surface area contributed by atoms with Crippen LogP contribution in [0.15, 0.2) is 121 Å². The number of H-pyrrole nitrogens is 1. The molecule has 32 heavy (non-hydrogen) atoms. The minimum atomic E-state index is -0.390. The predicted molar refractivity (Wildman–Crippen MR) is 129 cm³/mol. The van der Waals surface area contributed by atoms with Gasteiger partial charge in [0.1, 0.15) is 0 Å². The fraction of sp³-hybridized carbons (Fsp3) is 0. The van der Waals surface area contributed by atoms with Crippen LogP contribution in [0.1, 0.15) is 10.4 Å². The molecule has 0 spiro atoms. The van der Waals surface area contributed by atoms with Crippen LogP contribution in [-0.2, 0) is 0 Å². The summed E-state index contributed by atoms with van der Waals surface area (Å²) in [6.45, 7) is 0. The van der Waals surface area contributed by atoms with Crippen LogP contribution in [0, 0.1) is 0 Å². The van der Waals surface area contributed by atoms with E-state index in [9.17, 15) is 4.79 Å². The predicted octanol–water partition coefficient (Wildman–Crippen LogP) is 7.23. The zero-order chi connectivity index (χ0) is 21.8. The van der Waals surface area contributed by atoms with Crippen molar-refractivity contribution in [3.8, 4) is 39.4 Å². The average molecular weight is 415 g/mol. The molecule has 4 aromatic carbocycles. The van der Waals surface area contributed by atoms with Crippen molar-refractivity contribution in [1.82, 2.24) is 4.98 Å². The second-order valence-corrected chi connectivity index (χ2v) is 7.43. The molecule has 1 heterocycles. The standard InChI is InChI=1S/C29H21NO2/c31-29(24-19-11-4-12-20-24)32-28-25(21-13-5-1-6-14-21)26(22-15-7-2-8-16-22)30-27(28)23-17-9-3-10-18-23/h1-20,30H. The summed E-state index contributed by atoms with van der Waals surface area (Å²) in [4.78, 5) is 16.7. The first-order chi connectivity index (χ1) is 15.8. The lowest BCUT2D eigenvalue weighted by atomic mass is 10.00. The summed E-state index contributed by atoms with van der Waals surface area (Å²) in [6.07, 6.45) is 0. The van der Waals surface area contributed by atoms with E-state index in [4.69, 9.17) is 4.74 Å². The highest BCUT2D eigenvalue weighted by molar-refractivity contribution is 5.98. The van der Waals surface area contributed by atoms with Crippen molar-refractivity contribution in [1.29, 1.82) is 0 Å². The number of esters is 1. The van der Waals surface area contributed by atoms with E-state index >= 15 is 0 Å². The first-order valence-electron chi connectivity index (χ1n) is 10.5. The van der Waals surface area contributed by atoms with Crippen LogP contribution in [0.25, 0.3) is 33.6 Å². The second kappa shape index (κ2) is 8.78. The lowest BCUT2D eigenvalue weighted by molar-refractivity contribution is 0.0736. The Morgan fingerprint density at radius 3 is 1.50 bits per heavy atom. The van der Waals surface area contributed by atoms with E-state index < -0.39 is 5.97 Å². The van der Waals surface area contributed by atoms with Crippen molar-refractivity contribution < 1.29 is 9.53 Å². The summed E-state index contributed by atoms with van der Waals surface area (Å²) in [5.41, 5.74) is 5.99. The van der Waals surface area contributed by atoms with E-state index in [0.29, 0.717) is 11.3 Å². The Balaban J connectivity index is 1.75. The Morgan fingerprint density at radius 2 is 0.969 bits per heavy atom. The van der Waals surface area contributed by atoms with Gasteiger partial charge in [0.2, 0.25) is 0 Å². The van der Waals surface area contributed by atoms with Gasteiger partial charge >= 0.3 is 5.97 Å². The molecule has 3 heteroatoms. The Labute approximate surface area is 187 Å². The smallest absolute Gasteiger partial charge is 0.343 e. The van der Waals surface area contributed by atoms with E-state index in [0.717, 1.165) is 33.6 Å². The third-order valence-electron chi connectivity index (χ3n) is 5.35. The maximum absolute atomic E-state index is 13.1. The van der Waals surface area contributed by atoms with Crippen LogP contribution in [0.5, 0.6) is 5.75 Å². The number of benzene rings is 4. The van der Waals surface area contributed by atoms with Gasteiger partial charge in [-0.2, -0.15) is 0 Å². The molecule has 0 saturated heterocycles. The molecule has 1 N–H and O–H groups in total. The molecule has 154 valence electrons. The van der Waals surface area contributed by atoms with Crippen molar-refractivity contribution in [2.45, 2.75) is 0 Å². The molecule has 0 aliphatic heterocycles. The lowest BCUT2D eigenvalue weighted by Gasteiger charge is -2.10. The number of aromatic nitrogens is 1. The zero-order valence-electron chi connectivity index (χ0n) is 17.4. The topological polar surface area (TPSA) is 42.1 Å². The number of hydrogen-bond donors (Lipinski definition) is 1. The number of nitrogens with one attached hydrogen (secondary N) is 1. The van der Waals surface area contributed by atoms with Gasteiger partial charge in [-0.1, -0.05) is 109 Å². The first kappa shape index (κ1) is 19.6. The van der Waals surface area contributed by atoms with Gasteiger partial charge in [0.25, 0.3) is 0 Å². The van der Waals surface area contributed by atoms with Crippen LogP contribution >= 0.6 is 0 Å². The first-order valence-corrected chi connectivity index (χ1v) is 10.5. The molecule has 0 aliphatic rings. The van der Waals surface area contributed by atoms with Gasteiger partial charge in [0.05, 0.1) is 22.5 Å². The minimum Gasteiger partial charge on any atom is -0.420 e. The van der Waals surface area contributed by atoms with Crippen molar-refractivity contribution >= 4 is 5.97 Å². The van der Waals surface area contributed by atoms with Crippen LogP contribution < -0.4 is 4.74 Å². The van der Waals surface area contributed by atoms with Crippen LogP contribution in [0.4, 0.5) is 0 Å². The van der Waals surface area contributed by atoms with E-state index in [1.165, 1.54) is 0 Å². The molecule has 0 unspecified atom stereocenters. The molecule has 0 radical (unpaired) electrons. The van der Waals surface area contributed by atoms with E-state index in [1.54, 1.807) is 12.1 Å². The second-order valence-electron chi connectivity index (χ2n) is 7.43. The molecule has 0 atom stereocenters. The summed E-state index contributed by atoms with van der Waals surface area (Å²) >= 11 is 0. The molecule has 0 aliphatic carbocycles. The normalized spacial score (nSPS) is 10.6. The fourth-order valence-corrected chi connectivity index (χ4v) is 3.82. The summed E-state index contributed by atoms with van der Waals surface area (Å²) in [6, 6.07) is 39.1. The monoisotopic (exact) mass is 415 g/mol. The maximum Gasteiger partial charge on any atom is 0.343 e. The molecule has 0 fully saturated rings. The summed E-state index contributed by atoms with van der Waals surface area (Å²) in [7, 11) is 0. The van der Waals surface area contributed by atoms with Crippen molar-refractivity contribution in [2.75, 3.05) is 0 Å². The van der Waals surface area contributed by atoms with Crippen LogP contribution in [-0.4, -0.2) is 11.0 Å². The lowest BCUT2D eigenvalue weighted by Crippen LogP contribution is -2.09. The van der Waals surface area contributed by atoms with Crippen molar-refractivity contribution in [3.63, 3.8) is 0 Å². The molecule has 1 aromatic heterocycles. The summed E-state index contributed by atoms with van der Waals surface area (Å²) in [5.74, 6) is 0.133. The van der Waals surface area contributed by atoms with E-state index in [2.05, 4.69) is 17.1 Å². The van der Waals surface area contributed by atoms with E-state index in [1.807, 2.05) is 97.1 Å². The Hall–Kier alpha value is -4.37. The summed E-state index contributed by atoms with van der Waals surface area (Å²) in [5, 5.41) is 0. The molecule has 0 saturated carbocycles. The van der Waals surface area contributed by atoms with Crippen LogP contribution in [0.2, 0.25) is 0 Å². The van der Waals surface area contributed by atoms with Gasteiger partial charge in [-0.05, 0) is 23.3 Å². The number of ether oxygens (including phenoxy) is 1. The molecule has 0 amide bonds. The highest BCUT2D eigenvalue weighted by Gasteiger charge is 2.25. The molecule has 5 rings (SSSR count). The van der Waals surface area contributed by atoms with Crippen molar-refractivity contribution in [3.05, 3.63) is 127 Å². The number of rotatable bonds is 5. The third kappa shape index (κ3) is 3.84.